The van der Waals surface area contributed by atoms with Crippen LogP contribution in [0.5, 0.6) is 0 Å². The molecule has 0 saturated heterocycles. The summed E-state index contributed by atoms with van der Waals surface area (Å²) in [5.41, 5.74) is 6.61. The van der Waals surface area contributed by atoms with E-state index in [0.717, 1.165) is 16.5 Å². The third kappa shape index (κ3) is 3.66. The van der Waals surface area contributed by atoms with Crippen molar-refractivity contribution in [3.05, 3.63) is 69.7 Å². The second kappa shape index (κ2) is 6.85. The molecule has 19 heavy (non-hydrogen) atoms. The van der Waals surface area contributed by atoms with Crippen molar-refractivity contribution in [2.75, 3.05) is 0 Å². The summed E-state index contributed by atoms with van der Waals surface area (Å²) < 4.78 is 1.07. The smallest absolute Gasteiger partial charge is 0.0710 e. The van der Waals surface area contributed by atoms with E-state index in [-0.39, 0.29) is 6.04 Å². The molecule has 0 heterocycles. The van der Waals surface area contributed by atoms with Crippen LogP contribution >= 0.6 is 15.9 Å². The Hall–Kier alpha value is -1.16. The fraction of sp³-hybridized carbons (Fsp3) is 0.250. The van der Waals surface area contributed by atoms with Crippen LogP contribution in [0.25, 0.3) is 0 Å². The Balaban J connectivity index is 2.23. The van der Waals surface area contributed by atoms with E-state index in [9.17, 15) is 0 Å². The Kier molecular flexibility index (Phi) is 5.14. The van der Waals surface area contributed by atoms with Crippen molar-refractivity contribution in [3.63, 3.8) is 0 Å². The van der Waals surface area contributed by atoms with Gasteiger partial charge in [0.15, 0.2) is 0 Å². The van der Waals surface area contributed by atoms with E-state index in [1.54, 1.807) is 0 Å². The van der Waals surface area contributed by atoms with Crippen LogP contribution in [0.1, 0.15) is 36.1 Å². The SMILES string of the molecule is CCCc1ccc(C(NN)c2ccc(Br)cc2)cc1. The number of hydrazine groups is 1. The van der Waals surface area contributed by atoms with E-state index < -0.39 is 0 Å². The maximum Gasteiger partial charge on any atom is 0.0710 e. The highest BCUT2D eigenvalue weighted by Gasteiger charge is 2.11. The van der Waals surface area contributed by atoms with Gasteiger partial charge in [-0.1, -0.05) is 65.7 Å². The van der Waals surface area contributed by atoms with Gasteiger partial charge in [-0.15, -0.1) is 0 Å². The van der Waals surface area contributed by atoms with Crippen molar-refractivity contribution >= 4 is 15.9 Å². The first-order valence-electron chi connectivity index (χ1n) is 6.55. The fourth-order valence-electron chi connectivity index (χ4n) is 2.21. The van der Waals surface area contributed by atoms with Crippen molar-refractivity contribution in [1.82, 2.24) is 5.43 Å². The van der Waals surface area contributed by atoms with Crippen LogP contribution in [-0.2, 0) is 6.42 Å². The van der Waals surface area contributed by atoms with Crippen molar-refractivity contribution in [3.8, 4) is 0 Å². The molecule has 100 valence electrons. The third-order valence-corrected chi connectivity index (χ3v) is 3.75. The third-order valence-electron chi connectivity index (χ3n) is 3.22. The van der Waals surface area contributed by atoms with E-state index in [2.05, 4.69) is 64.7 Å². The lowest BCUT2D eigenvalue weighted by Gasteiger charge is -2.17. The number of halogens is 1. The van der Waals surface area contributed by atoms with Gasteiger partial charge >= 0.3 is 0 Å². The van der Waals surface area contributed by atoms with Gasteiger partial charge in [0.25, 0.3) is 0 Å². The first-order valence-corrected chi connectivity index (χ1v) is 7.34. The Morgan fingerprint density at radius 3 is 2.00 bits per heavy atom. The lowest BCUT2D eigenvalue weighted by molar-refractivity contribution is 0.636. The summed E-state index contributed by atoms with van der Waals surface area (Å²) in [6.45, 7) is 2.19. The van der Waals surface area contributed by atoms with Crippen LogP contribution < -0.4 is 11.3 Å². The predicted molar refractivity (Wildman–Crippen MR) is 83.7 cm³/mol. The molecule has 3 N–H and O–H groups in total. The molecule has 2 nitrogen and oxygen atoms in total. The summed E-state index contributed by atoms with van der Waals surface area (Å²) in [4.78, 5) is 0. The summed E-state index contributed by atoms with van der Waals surface area (Å²) in [7, 11) is 0. The van der Waals surface area contributed by atoms with E-state index in [1.807, 2.05) is 12.1 Å². The Morgan fingerprint density at radius 2 is 1.53 bits per heavy atom. The van der Waals surface area contributed by atoms with Crippen LogP contribution in [0.4, 0.5) is 0 Å². The van der Waals surface area contributed by atoms with Gasteiger partial charge in [0.05, 0.1) is 6.04 Å². The molecule has 1 atom stereocenters. The zero-order valence-electron chi connectivity index (χ0n) is 11.1. The largest absolute Gasteiger partial charge is 0.271 e. The van der Waals surface area contributed by atoms with Crippen LogP contribution in [-0.4, -0.2) is 0 Å². The number of aryl methyl sites for hydroxylation is 1. The van der Waals surface area contributed by atoms with Gasteiger partial charge in [-0.2, -0.15) is 0 Å². The Morgan fingerprint density at radius 1 is 1.00 bits per heavy atom. The van der Waals surface area contributed by atoms with Crippen LogP contribution in [0.3, 0.4) is 0 Å². The Bertz CT molecular complexity index is 505. The molecule has 0 aliphatic heterocycles. The summed E-state index contributed by atoms with van der Waals surface area (Å²) in [6, 6.07) is 16.9. The first-order chi connectivity index (χ1) is 9.24. The molecule has 1 unspecified atom stereocenters. The van der Waals surface area contributed by atoms with Gasteiger partial charge in [-0.3, -0.25) is 5.84 Å². The number of rotatable bonds is 5. The molecule has 2 aromatic rings. The van der Waals surface area contributed by atoms with Crippen molar-refractivity contribution < 1.29 is 0 Å². The molecule has 0 spiro atoms. The highest BCUT2D eigenvalue weighted by atomic mass is 79.9. The van der Waals surface area contributed by atoms with Gasteiger partial charge in [0.2, 0.25) is 0 Å². The zero-order valence-corrected chi connectivity index (χ0v) is 12.7. The normalized spacial score (nSPS) is 12.4. The van der Waals surface area contributed by atoms with Gasteiger partial charge in [0.1, 0.15) is 0 Å². The summed E-state index contributed by atoms with van der Waals surface area (Å²) in [5, 5.41) is 0. The zero-order chi connectivity index (χ0) is 13.7. The highest BCUT2D eigenvalue weighted by molar-refractivity contribution is 9.10. The average Bonchev–Trinajstić information content (AvgIpc) is 2.44. The van der Waals surface area contributed by atoms with Crippen LogP contribution in [0, 0.1) is 0 Å². The minimum absolute atomic E-state index is 0.0313. The number of hydrogen-bond acceptors (Lipinski definition) is 2. The number of hydrogen-bond donors (Lipinski definition) is 2. The minimum Gasteiger partial charge on any atom is -0.271 e. The van der Waals surface area contributed by atoms with Gasteiger partial charge in [-0.25, -0.2) is 5.43 Å². The van der Waals surface area contributed by atoms with Gasteiger partial charge in [-0.05, 0) is 35.2 Å². The molecule has 2 aromatic carbocycles. The second-order valence-corrected chi connectivity index (χ2v) is 5.56. The molecule has 0 aromatic heterocycles. The molecule has 0 aliphatic rings. The molecular weight excluding hydrogens is 300 g/mol. The maximum absolute atomic E-state index is 5.71. The quantitative estimate of drug-likeness (QED) is 0.647. The van der Waals surface area contributed by atoms with E-state index in [1.165, 1.54) is 17.5 Å². The molecule has 0 aliphatic carbocycles. The van der Waals surface area contributed by atoms with Gasteiger partial charge in [0, 0.05) is 4.47 Å². The number of benzene rings is 2. The molecular formula is C16H19BrN2. The number of nitrogens with one attached hydrogen (secondary N) is 1. The summed E-state index contributed by atoms with van der Waals surface area (Å²) >= 11 is 3.45. The van der Waals surface area contributed by atoms with Crippen LogP contribution in [0.15, 0.2) is 53.0 Å². The van der Waals surface area contributed by atoms with Gasteiger partial charge < -0.3 is 0 Å². The average molecular weight is 319 g/mol. The standard InChI is InChI=1S/C16H19BrN2/c1-2-3-12-4-6-13(7-5-12)16(19-18)14-8-10-15(17)11-9-14/h4-11,16,19H,2-3,18H2,1H3. The maximum atomic E-state index is 5.71. The fourth-order valence-corrected chi connectivity index (χ4v) is 2.47. The second-order valence-electron chi connectivity index (χ2n) is 4.64. The molecule has 0 bridgehead atoms. The predicted octanol–water partition coefficient (Wildman–Crippen LogP) is 3.95. The molecule has 2 rings (SSSR count). The summed E-state index contributed by atoms with van der Waals surface area (Å²) in [6.07, 6.45) is 2.30. The lowest BCUT2D eigenvalue weighted by Crippen LogP contribution is -2.28. The Labute approximate surface area is 123 Å². The molecule has 3 heteroatoms. The monoisotopic (exact) mass is 318 g/mol. The van der Waals surface area contributed by atoms with E-state index in [0.29, 0.717) is 0 Å². The molecule has 0 amide bonds. The highest BCUT2D eigenvalue weighted by Crippen LogP contribution is 2.23. The van der Waals surface area contributed by atoms with Crippen molar-refractivity contribution in [1.29, 1.82) is 0 Å². The molecule has 0 radical (unpaired) electrons. The summed E-state index contributed by atoms with van der Waals surface area (Å²) in [5.74, 6) is 5.71. The minimum atomic E-state index is 0.0313. The number of nitrogens with two attached hydrogens (primary N) is 1. The van der Waals surface area contributed by atoms with E-state index >= 15 is 0 Å². The van der Waals surface area contributed by atoms with Crippen LogP contribution in [0.2, 0.25) is 0 Å². The molecule has 0 fully saturated rings. The van der Waals surface area contributed by atoms with Crippen molar-refractivity contribution in [2.24, 2.45) is 5.84 Å². The lowest BCUT2D eigenvalue weighted by atomic mass is 9.97. The first kappa shape index (κ1) is 14.3. The topological polar surface area (TPSA) is 38.0 Å². The van der Waals surface area contributed by atoms with E-state index in [4.69, 9.17) is 5.84 Å². The van der Waals surface area contributed by atoms with Crippen molar-refractivity contribution in [2.45, 2.75) is 25.8 Å². The molecule has 0 saturated carbocycles.